The first-order valence-electron chi connectivity index (χ1n) is 10.7. The quantitative estimate of drug-likeness (QED) is 0.359. The number of nitrogens with zero attached hydrogens (tertiary/aromatic N) is 5. The van der Waals surface area contributed by atoms with Gasteiger partial charge in [0.2, 0.25) is 5.91 Å². The number of rotatable bonds is 5. The largest absolute Gasteiger partial charge is 0.308 e. The normalized spacial score (nSPS) is 16.0. The second-order valence-electron chi connectivity index (χ2n) is 8.00. The smallest absolute Gasteiger partial charge is 0.240 e. The number of hydrogen-bond donors (Lipinski definition) is 0. The van der Waals surface area contributed by atoms with Crippen LogP contribution < -0.4 is 4.90 Å². The van der Waals surface area contributed by atoms with Crippen LogP contribution in [0.25, 0.3) is 17.1 Å². The summed E-state index contributed by atoms with van der Waals surface area (Å²) in [7, 11) is 0. The minimum atomic E-state index is -0.348. The maximum Gasteiger partial charge on any atom is 0.240 e. The minimum absolute atomic E-state index is 0.0635. The van der Waals surface area contributed by atoms with Crippen LogP contribution in [0.2, 0.25) is 5.02 Å². The van der Waals surface area contributed by atoms with E-state index in [2.05, 4.69) is 28.2 Å². The summed E-state index contributed by atoms with van der Waals surface area (Å²) < 4.78 is 1.96. The fourth-order valence-corrected chi connectivity index (χ4v) is 5.20. The Hall–Kier alpha value is -3.16. The summed E-state index contributed by atoms with van der Waals surface area (Å²) in [6.45, 7) is 4.01. The zero-order valence-corrected chi connectivity index (χ0v) is 19.8. The molecule has 8 heteroatoms. The van der Waals surface area contributed by atoms with E-state index in [-0.39, 0.29) is 17.2 Å². The van der Waals surface area contributed by atoms with E-state index < -0.39 is 0 Å². The molecule has 5 rings (SSSR count). The molecule has 3 heterocycles. The molecule has 2 atom stereocenters. The predicted molar refractivity (Wildman–Crippen MR) is 132 cm³/mol. The van der Waals surface area contributed by atoms with E-state index in [1.165, 1.54) is 17.3 Å². The van der Waals surface area contributed by atoms with E-state index in [4.69, 9.17) is 11.6 Å². The van der Waals surface area contributed by atoms with Crippen LogP contribution in [0, 0.1) is 0 Å². The molecule has 6 nitrogen and oxygen atoms in total. The number of halogens is 1. The number of thioether (sulfide) groups is 1. The first-order chi connectivity index (χ1) is 16.0. The van der Waals surface area contributed by atoms with Gasteiger partial charge in [-0.3, -0.25) is 14.3 Å². The molecule has 0 fully saturated rings. The number of amides is 1. The van der Waals surface area contributed by atoms with Gasteiger partial charge in [0.05, 0.1) is 5.25 Å². The number of anilines is 1. The SMILES string of the molecule is C[C@@H](Sc1nnc(-c2ccncc2)n1-c1ccc(Cl)cc1)C(=O)N1c2ccccc2C[C@@H]1C. The van der Waals surface area contributed by atoms with E-state index in [9.17, 15) is 4.79 Å². The summed E-state index contributed by atoms with van der Waals surface area (Å²) in [6, 6.07) is 19.5. The Morgan fingerprint density at radius 2 is 1.79 bits per heavy atom. The lowest BCUT2D eigenvalue weighted by Crippen LogP contribution is -2.40. The number of benzene rings is 2. The summed E-state index contributed by atoms with van der Waals surface area (Å²) in [5.74, 6) is 0.746. The minimum Gasteiger partial charge on any atom is -0.308 e. The van der Waals surface area contributed by atoms with Crippen molar-refractivity contribution in [3.8, 4) is 17.1 Å². The molecule has 166 valence electrons. The summed E-state index contributed by atoms with van der Waals surface area (Å²) in [5.41, 5.74) is 3.97. The van der Waals surface area contributed by atoms with Gasteiger partial charge in [0, 0.05) is 40.4 Å². The monoisotopic (exact) mass is 475 g/mol. The lowest BCUT2D eigenvalue weighted by atomic mass is 10.1. The third kappa shape index (κ3) is 4.14. The van der Waals surface area contributed by atoms with Crippen molar-refractivity contribution in [2.45, 2.75) is 36.7 Å². The highest BCUT2D eigenvalue weighted by molar-refractivity contribution is 8.00. The van der Waals surface area contributed by atoms with Crippen LogP contribution in [0.15, 0.2) is 78.2 Å². The van der Waals surface area contributed by atoms with Crippen molar-refractivity contribution in [1.82, 2.24) is 19.7 Å². The third-order valence-electron chi connectivity index (χ3n) is 5.73. The highest BCUT2D eigenvalue weighted by atomic mass is 35.5. The van der Waals surface area contributed by atoms with Gasteiger partial charge < -0.3 is 4.90 Å². The average Bonchev–Trinajstić information content (AvgIpc) is 3.40. The first kappa shape index (κ1) is 21.7. The van der Waals surface area contributed by atoms with E-state index in [0.29, 0.717) is 16.0 Å². The van der Waals surface area contributed by atoms with Crippen LogP contribution >= 0.6 is 23.4 Å². The van der Waals surface area contributed by atoms with Gasteiger partial charge in [-0.2, -0.15) is 0 Å². The molecule has 2 aromatic heterocycles. The van der Waals surface area contributed by atoms with Gasteiger partial charge in [0.15, 0.2) is 11.0 Å². The number of carbonyl (C=O) groups is 1. The van der Waals surface area contributed by atoms with Gasteiger partial charge in [-0.15, -0.1) is 10.2 Å². The van der Waals surface area contributed by atoms with Crippen molar-refractivity contribution in [2.75, 3.05) is 4.90 Å². The van der Waals surface area contributed by atoms with Crippen LogP contribution in [0.1, 0.15) is 19.4 Å². The molecule has 4 aromatic rings. The predicted octanol–water partition coefficient (Wildman–Crippen LogP) is 5.44. The number of aromatic nitrogens is 4. The molecule has 0 bridgehead atoms. The second-order valence-corrected chi connectivity index (χ2v) is 9.75. The fourth-order valence-electron chi connectivity index (χ4n) is 4.16. The number of pyridine rings is 1. The number of carbonyl (C=O) groups excluding carboxylic acids is 1. The van der Waals surface area contributed by atoms with Gasteiger partial charge >= 0.3 is 0 Å². The van der Waals surface area contributed by atoms with Gasteiger partial charge in [-0.25, -0.2) is 0 Å². The molecular formula is C25H22ClN5OS. The zero-order valence-electron chi connectivity index (χ0n) is 18.2. The van der Waals surface area contributed by atoms with Crippen LogP contribution in [0.5, 0.6) is 0 Å². The number of para-hydroxylation sites is 1. The summed E-state index contributed by atoms with van der Waals surface area (Å²) in [5, 5.41) is 9.85. The molecule has 33 heavy (non-hydrogen) atoms. The highest BCUT2D eigenvalue weighted by Crippen LogP contribution is 2.36. The Kier molecular flexibility index (Phi) is 5.91. The summed E-state index contributed by atoms with van der Waals surface area (Å²) >= 11 is 7.52. The lowest BCUT2D eigenvalue weighted by molar-refractivity contribution is -0.118. The van der Waals surface area contributed by atoms with Gasteiger partial charge in [-0.1, -0.05) is 41.6 Å². The Balaban J connectivity index is 1.49. The fraction of sp³-hybridized carbons (Fsp3) is 0.200. The van der Waals surface area contributed by atoms with E-state index in [1.807, 2.05) is 71.0 Å². The molecule has 1 aliphatic rings. The third-order valence-corrected chi connectivity index (χ3v) is 7.01. The molecular weight excluding hydrogens is 454 g/mol. The zero-order chi connectivity index (χ0) is 22.9. The number of fused-ring (bicyclic) bond motifs is 1. The molecule has 0 spiro atoms. The summed E-state index contributed by atoms with van der Waals surface area (Å²) in [6.07, 6.45) is 4.31. The van der Waals surface area contributed by atoms with E-state index in [1.54, 1.807) is 12.4 Å². The van der Waals surface area contributed by atoms with Crippen molar-refractivity contribution in [3.05, 3.63) is 83.6 Å². The first-order valence-corrected chi connectivity index (χ1v) is 12.0. The second kappa shape index (κ2) is 9.00. The van der Waals surface area contributed by atoms with Crippen LogP contribution in [0.3, 0.4) is 0 Å². The number of hydrogen-bond acceptors (Lipinski definition) is 5. The molecule has 2 aromatic carbocycles. The Labute approximate surface area is 201 Å². The molecule has 1 aliphatic heterocycles. The van der Waals surface area contributed by atoms with Crippen molar-refractivity contribution in [1.29, 1.82) is 0 Å². The van der Waals surface area contributed by atoms with Gasteiger partial charge in [0.1, 0.15) is 0 Å². The van der Waals surface area contributed by atoms with Crippen molar-refractivity contribution < 1.29 is 4.79 Å². The molecule has 0 N–H and O–H groups in total. The van der Waals surface area contributed by atoms with Crippen molar-refractivity contribution in [2.24, 2.45) is 0 Å². The Morgan fingerprint density at radius 1 is 1.06 bits per heavy atom. The molecule has 1 amide bonds. The van der Waals surface area contributed by atoms with Crippen LogP contribution in [0.4, 0.5) is 5.69 Å². The molecule has 0 radical (unpaired) electrons. The Morgan fingerprint density at radius 3 is 2.55 bits per heavy atom. The standard InChI is InChI=1S/C25H22ClN5OS/c1-16-15-19-5-3-4-6-22(19)30(16)24(32)17(2)33-25-29-28-23(18-11-13-27-14-12-18)31(25)21-9-7-20(26)8-10-21/h3-14,16-17H,15H2,1-2H3/t16-,17+/m0/s1. The maximum absolute atomic E-state index is 13.5. The maximum atomic E-state index is 13.5. The summed E-state index contributed by atoms with van der Waals surface area (Å²) in [4.78, 5) is 19.5. The van der Waals surface area contributed by atoms with E-state index >= 15 is 0 Å². The van der Waals surface area contributed by atoms with Crippen molar-refractivity contribution >= 4 is 35.0 Å². The average molecular weight is 476 g/mol. The Bertz CT molecular complexity index is 1290. The highest BCUT2D eigenvalue weighted by Gasteiger charge is 2.34. The van der Waals surface area contributed by atoms with Gasteiger partial charge in [-0.05, 0) is 68.3 Å². The van der Waals surface area contributed by atoms with Crippen LogP contribution in [-0.2, 0) is 11.2 Å². The lowest BCUT2D eigenvalue weighted by Gasteiger charge is -2.25. The van der Waals surface area contributed by atoms with E-state index in [0.717, 1.165) is 23.4 Å². The molecule has 0 saturated carbocycles. The topological polar surface area (TPSA) is 63.9 Å². The van der Waals surface area contributed by atoms with Crippen molar-refractivity contribution in [3.63, 3.8) is 0 Å². The van der Waals surface area contributed by atoms with Crippen LogP contribution in [-0.4, -0.2) is 36.9 Å². The molecule has 0 unspecified atom stereocenters. The molecule has 0 aliphatic carbocycles. The van der Waals surface area contributed by atoms with Gasteiger partial charge in [0.25, 0.3) is 0 Å². The molecule has 0 saturated heterocycles.